The van der Waals surface area contributed by atoms with Gasteiger partial charge in [0.05, 0.1) is 19.1 Å². The lowest BCUT2D eigenvalue weighted by Crippen LogP contribution is -1.93. The van der Waals surface area contributed by atoms with E-state index in [1.165, 1.54) is 0 Å². The average molecular weight is 200 g/mol. The number of aromatic nitrogens is 2. The van der Waals surface area contributed by atoms with Crippen molar-refractivity contribution < 1.29 is 4.74 Å². The van der Waals surface area contributed by atoms with Crippen LogP contribution >= 0.6 is 0 Å². The molecule has 2 aromatic rings. The van der Waals surface area contributed by atoms with Crippen LogP contribution in [0.15, 0.2) is 49.0 Å². The van der Waals surface area contributed by atoms with E-state index in [9.17, 15) is 0 Å². The Morgan fingerprint density at radius 1 is 1.27 bits per heavy atom. The zero-order valence-corrected chi connectivity index (χ0v) is 8.50. The van der Waals surface area contributed by atoms with E-state index in [4.69, 9.17) is 4.74 Å². The molecule has 3 heteroatoms. The number of methoxy groups -OCH3 is 1. The average Bonchev–Trinajstić information content (AvgIpc) is 2.80. The van der Waals surface area contributed by atoms with Crippen LogP contribution in [-0.4, -0.2) is 16.9 Å². The number of rotatable bonds is 3. The molecule has 0 unspecified atom stereocenters. The number of nitrogens with zero attached hydrogens (tertiary/aromatic N) is 2. The first-order chi connectivity index (χ1) is 7.40. The largest absolute Gasteiger partial charge is 0.504 e. The highest BCUT2D eigenvalue weighted by molar-refractivity contribution is 5.50. The van der Waals surface area contributed by atoms with E-state index in [-0.39, 0.29) is 0 Å². The smallest absolute Gasteiger partial charge is 0.0830 e. The summed E-state index contributed by atoms with van der Waals surface area (Å²) in [6.45, 7) is 0. The van der Waals surface area contributed by atoms with Crippen LogP contribution in [0.1, 0.15) is 5.56 Å². The molecule has 0 atom stereocenters. The van der Waals surface area contributed by atoms with Crippen molar-refractivity contribution in [3.63, 3.8) is 0 Å². The molecule has 1 heterocycles. The van der Waals surface area contributed by atoms with Gasteiger partial charge >= 0.3 is 0 Å². The quantitative estimate of drug-likeness (QED) is 0.712. The van der Waals surface area contributed by atoms with E-state index in [2.05, 4.69) is 5.10 Å². The molecule has 0 aliphatic rings. The molecule has 0 N–H and O–H groups in total. The zero-order chi connectivity index (χ0) is 10.5. The lowest BCUT2D eigenvalue weighted by molar-refractivity contribution is 0.341. The Morgan fingerprint density at radius 2 is 2.07 bits per heavy atom. The normalized spacial score (nSPS) is 10.7. The maximum Gasteiger partial charge on any atom is 0.0830 e. The van der Waals surface area contributed by atoms with Crippen LogP contribution in [-0.2, 0) is 4.74 Å². The third-order valence-corrected chi connectivity index (χ3v) is 2.06. The summed E-state index contributed by atoms with van der Waals surface area (Å²) in [5, 5.41) is 4.15. The fourth-order valence-corrected chi connectivity index (χ4v) is 1.31. The molecule has 0 bridgehead atoms. The van der Waals surface area contributed by atoms with Crippen LogP contribution in [0.25, 0.3) is 11.8 Å². The summed E-state index contributed by atoms with van der Waals surface area (Å²) in [5.41, 5.74) is 2.15. The molecule has 0 spiro atoms. The van der Waals surface area contributed by atoms with E-state index < -0.39 is 0 Å². The van der Waals surface area contributed by atoms with Crippen molar-refractivity contribution in [1.29, 1.82) is 0 Å². The van der Waals surface area contributed by atoms with E-state index >= 15 is 0 Å². The van der Waals surface area contributed by atoms with Crippen molar-refractivity contribution >= 4 is 6.08 Å². The topological polar surface area (TPSA) is 27.1 Å². The third-order valence-electron chi connectivity index (χ3n) is 2.06. The first-order valence-corrected chi connectivity index (χ1v) is 4.69. The van der Waals surface area contributed by atoms with Gasteiger partial charge in [-0.05, 0) is 29.8 Å². The maximum absolute atomic E-state index is 4.85. The Kier molecular flexibility index (Phi) is 2.83. The molecule has 0 saturated heterocycles. The number of benzene rings is 1. The van der Waals surface area contributed by atoms with Gasteiger partial charge in [-0.15, -0.1) is 0 Å². The fourth-order valence-electron chi connectivity index (χ4n) is 1.31. The first-order valence-electron chi connectivity index (χ1n) is 4.69. The van der Waals surface area contributed by atoms with E-state index in [0.717, 1.165) is 11.3 Å². The Hall–Kier alpha value is -2.03. The van der Waals surface area contributed by atoms with Crippen LogP contribution in [0.5, 0.6) is 0 Å². The van der Waals surface area contributed by atoms with Crippen molar-refractivity contribution in [2.24, 2.45) is 0 Å². The van der Waals surface area contributed by atoms with Crippen molar-refractivity contribution in [3.05, 3.63) is 54.6 Å². The summed E-state index contributed by atoms with van der Waals surface area (Å²) in [7, 11) is 1.63. The minimum Gasteiger partial charge on any atom is -0.504 e. The Bertz CT molecular complexity index is 429. The molecule has 0 aliphatic carbocycles. The molecule has 15 heavy (non-hydrogen) atoms. The van der Waals surface area contributed by atoms with Crippen LogP contribution in [0.2, 0.25) is 0 Å². The number of ether oxygens (including phenoxy) is 1. The van der Waals surface area contributed by atoms with Gasteiger partial charge < -0.3 is 4.74 Å². The standard InChI is InChI=1S/C12H12N2O/c1-15-10-7-11-3-5-12(6-4-11)14-9-2-8-13-14/h2-10H,1H3. The molecule has 2 rings (SSSR count). The third kappa shape index (κ3) is 2.26. The SMILES string of the molecule is COC=Cc1ccc(-n2cccn2)cc1. The second kappa shape index (κ2) is 4.46. The molecule has 0 aliphatic heterocycles. The molecule has 1 aromatic carbocycles. The van der Waals surface area contributed by atoms with Gasteiger partial charge in [0.1, 0.15) is 0 Å². The van der Waals surface area contributed by atoms with E-state index in [1.54, 1.807) is 19.6 Å². The van der Waals surface area contributed by atoms with Crippen molar-refractivity contribution in [2.75, 3.05) is 7.11 Å². The number of hydrogen-bond acceptors (Lipinski definition) is 2. The summed E-state index contributed by atoms with van der Waals surface area (Å²) >= 11 is 0. The summed E-state index contributed by atoms with van der Waals surface area (Å²) < 4.78 is 6.67. The predicted molar refractivity (Wildman–Crippen MR) is 59.6 cm³/mol. The summed E-state index contributed by atoms with van der Waals surface area (Å²) in [4.78, 5) is 0. The van der Waals surface area contributed by atoms with Crippen LogP contribution in [0.4, 0.5) is 0 Å². The molecule has 1 aromatic heterocycles. The zero-order valence-electron chi connectivity index (χ0n) is 8.50. The Labute approximate surface area is 88.6 Å². The van der Waals surface area contributed by atoms with Crippen LogP contribution in [0, 0.1) is 0 Å². The fraction of sp³-hybridized carbons (Fsp3) is 0.0833. The molecule has 0 amide bonds. The van der Waals surface area contributed by atoms with E-state index in [1.807, 2.05) is 47.3 Å². The lowest BCUT2D eigenvalue weighted by atomic mass is 10.2. The van der Waals surface area contributed by atoms with Gasteiger partial charge in [0.15, 0.2) is 0 Å². The van der Waals surface area contributed by atoms with Gasteiger partial charge in [0.25, 0.3) is 0 Å². The van der Waals surface area contributed by atoms with Crippen molar-refractivity contribution in [3.8, 4) is 5.69 Å². The Balaban J connectivity index is 2.21. The molecule has 0 radical (unpaired) electrons. The lowest BCUT2D eigenvalue weighted by Gasteiger charge is -2.01. The molecule has 0 fully saturated rings. The molecule has 3 nitrogen and oxygen atoms in total. The van der Waals surface area contributed by atoms with E-state index in [0.29, 0.717) is 0 Å². The van der Waals surface area contributed by atoms with Gasteiger partial charge in [0, 0.05) is 12.4 Å². The van der Waals surface area contributed by atoms with Crippen molar-refractivity contribution in [1.82, 2.24) is 9.78 Å². The van der Waals surface area contributed by atoms with Crippen molar-refractivity contribution in [2.45, 2.75) is 0 Å². The molecular weight excluding hydrogens is 188 g/mol. The van der Waals surface area contributed by atoms with Gasteiger partial charge in [-0.3, -0.25) is 0 Å². The highest BCUT2D eigenvalue weighted by Crippen LogP contribution is 2.09. The highest BCUT2D eigenvalue weighted by atomic mass is 16.5. The highest BCUT2D eigenvalue weighted by Gasteiger charge is 1.94. The molecular formula is C12H12N2O. The van der Waals surface area contributed by atoms with Gasteiger partial charge in [-0.25, -0.2) is 4.68 Å². The second-order valence-corrected chi connectivity index (χ2v) is 3.08. The van der Waals surface area contributed by atoms with Gasteiger partial charge in [-0.1, -0.05) is 12.1 Å². The van der Waals surface area contributed by atoms with Crippen LogP contribution < -0.4 is 0 Å². The first kappa shape index (κ1) is 9.52. The summed E-state index contributed by atoms with van der Waals surface area (Å²) in [6, 6.07) is 9.97. The molecule has 0 saturated carbocycles. The van der Waals surface area contributed by atoms with Gasteiger partial charge in [0.2, 0.25) is 0 Å². The number of hydrogen-bond donors (Lipinski definition) is 0. The minimum atomic E-state index is 1.05. The second-order valence-electron chi connectivity index (χ2n) is 3.08. The predicted octanol–water partition coefficient (Wildman–Crippen LogP) is 2.49. The summed E-state index contributed by atoms with van der Waals surface area (Å²) in [5.74, 6) is 0. The molecule has 76 valence electrons. The monoisotopic (exact) mass is 200 g/mol. The summed E-state index contributed by atoms with van der Waals surface area (Å²) in [6.07, 6.45) is 7.24. The minimum absolute atomic E-state index is 1.05. The van der Waals surface area contributed by atoms with Gasteiger partial charge in [-0.2, -0.15) is 5.10 Å². The maximum atomic E-state index is 4.85. The van der Waals surface area contributed by atoms with Crippen LogP contribution in [0.3, 0.4) is 0 Å². The Morgan fingerprint density at radius 3 is 2.67 bits per heavy atom.